The number of esters is 1. The predicted molar refractivity (Wildman–Crippen MR) is 93.9 cm³/mol. The van der Waals surface area contributed by atoms with Crippen LogP contribution in [0, 0.1) is 0 Å². The molecule has 0 unspecified atom stereocenters. The Hall–Kier alpha value is -3.28. The van der Waals surface area contributed by atoms with Crippen LogP contribution >= 0.6 is 0 Å². The van der Waals surface area contributed by atoms with Crippen LogP contribution in [-0.4, -0.2) is 32.8 Å². The van der Waals surface area contributed by atoms with Crippen molar-refractivity contribution in [3.8, 4) is 11.5 Å². The van der Waals surface area contributed by atoms with Crippen molar-refractivity contribution in [3.63, 3.8) is 0 Å². The van der Waals surface area contributed by atoms with Gasteiger partial charge in [-0.3, -0.25) is 0 Å². The molecule has 0 spiro atoms. The number of aliphatic imine (C=N–C) groups is 1. The Balaban J connectivity index is 1.61. The molecule has 0 amide bonds. The first-order chi connectivity index (χ1) is 12.1. The lowest BCUT2D eigenvalue weighted by Gasteiger charge is -2.11. The Morgan fingerprint density at radius 3 is 2.56 bits per heavy atom. The zero-order valence-electron chi connectivity index (χ0n) is 13.9. The first-order valence-electron chi connectivity index (χ1n) is 7.80. The maximum absolute atomic E-state index is 12.1. The Bertz CT molecular complexity index is 898. The average Bonchev–Trinajstić information content (AvgIpc) is 3.21. The largest absolute Gasteiger partial charge is 0.454 e. The number of carbonyl (C=O) groups excluding carboxylic acids is 1. The van der Waals surface area contributed by atoms with Crippen LogP contribution in [0.2, 0.25) is 0 Å². The van der Waals surface area contributed by atoms with Gasteiger partial charge in [-0.1, -0.05) is 12.1 Å². The van der Waals surface area contributed by atoms with Gasteiger partial charge >= 0.3 is 5.97 Å². The van der Waals surface area contributed by atoms with Gasteiger partial charge in [0.1, 0.15) is 0 Å². The molecule has 0 N–H and O–H groups in total. The molecule has 0 aromatic heterocycles. The van der Waals surface area contributed by atoms with E-state index in [-0.39, 0.29) is 18.4 Å². The van der Waals surface area contributed by atoms with Crippen molar-refractivity contribution in [2.75, 3.05) is 25.8 Å². The van der Waals surface area contributed by atoms with Gasteiger partial charge in [-0.05, 0) is 42.0 Å². The molecule has 6 heteroatoms. The Morgan fingerprint density at radius 1 is 1.04 bits per heavy atom. The minimum absolute atomic E-state index is 0.194. The molecule has 25 heavy (non-hydrogen) atoms. The van der Waals surface area contributed by atoms with Gasteiger partial charge in [0.2, 0.25) is 12.7 Å². The molecule has 2 aromatic carbocycles. The molecule has 2 aromatic rings. The molecule has 0 aliphatic carbocycles. The molecule has 0 radical (unpaired) electrons. The third kappa shape index (κ3) is 2.94. The molecule has 0 bridgehead atoms. The fourth-order valence-corrected chi connectivity index (χ4v) is 2.59. The molecule has 126 valence electrons. The lowest BCUT2D eigenvalue weighted by atomic mass is 10.1. The zero-order chi connectivity index (χ0) is 17.4. The van der Waals surface area contributed by atoms with E-state index < -0.39 is 5.97 Å². The summed E-state index contributed by atoms with van der Waals surface area (Å²) in [7, 11) is 3.95. The first kappa shape index (κ1) is 15.3. The Labute approximate surface area is 144 Å². The monoisotopic (exact) mass is 336 g/mol. The number of hydrogen-bond acceptors (Lipinski definition) is 6. The summed E-state index contributed by atoms with van der Waals surface area (Å²) in [5.74, 6) is 1.09. The number of nitrogens with zero attached hydrogens (tertiary/aromatic N) is 2. The number of cyclic esters (lactones) is 1. The summed E-state index contributed by atoms with van der Waals surface area (Å²) >= 11 is 0. The molecule has 4 rings (SSSR count). The maximum atomic E-state index is 12.1. The second kappa shape index (κ2) is 5.98. The molecule has 2 aliphatic heterocycles. The Morgan fingerprint density at radius 2 is 1.80 bits per heavy atom. The minimum atomic E-state index is -0.468. The highest BCUT2D eigenvalue weighted by molar-refractivity contribution is 6.13. The number of fused-ring (bicyclic) bond motifs is 1. The molecule has 6 nitrogen and oxygen atoms in total. The van der Waals surface area contributed by atoms with E-state index in [1.54, 1.807) is 24.3 Å². The van der Waals surface area contributed by atoms with Gasteiger partial charge in [-0.25, -0.2) is 9.79 Å². The quantitative estimate of drug-likeness (QED) is 0.637. The third-order valence-corrected chi connectivity index (χ3v) is 3.95. The Kier molecular flexibility index (Phi) is 3.65. The standard InChI is InChI=1S/C19H16N2O4/c1-21(2)14-6-3-12(4-7-14)9-15-19(22)25-18(20-15)13-5-8-16-17(10-13)24-11-23-16/h3-10H,11H2,1-2H3/b15-9-. The highest BCUT2D eigenvalue weighted by Gasteiger charge is 2.25. The van der Waals surface area contributed by atoms with Crippen molar-refractivity contribution in [1.29, 1.82) is 0 Å². The number of ether oxygens (including phenoxy) is 3. The second-order valence-corrected chi connectivity index (χ2v) is 5.89. The van der Waals surface area contributed by atoms with Crippen LogP contribution in [0.15, 0.2) is 53.2 Å². The van der Waals surface area contributed by atoms with Crippen molar-refractivity contribution in [3.05, 3.63) is 59.3 Å². The van der Waals surface area contributed by atoms with Gasteiger partial charge in [0.25, 0.3) is 0 Å². The van der Waals surface area contributed by atoms with Crippen LogP contribution in [0.25, 0.3) is 6.08 Å². The van der Waals surface area contributed by atoms with Crippen molar-refractivity contribution < 1.29 is 19.0 Å². The summed E-state index contributed by atoms with van der Waals surface area (Å²) < 4.78 is 15.9. The summed E-state index contributed by atoms with van der Waals surface area (Å²) in [4.78, 5) is 18.4. The highest BCUT2D eigenvalue weighted by Crippen LogP contribution is 2.33. The summed E-state index contributed by atoms with van der Waals surface area (Å²) in [5.41, 5.74) is 2.91. The minimum Gasteiger partial charge on any atom is -0.454 e. The van der Waals surface area contributed by atoms with Crippen molar-refractivity contribution in [1.82, 2.24) is 0 Å². The molecule has 0 saturated carbocycles. The smallest absolute Gasteiger partial charge is 0.363 e. The maximum Gasteiger partial charge on any atom is 0.363 e. The molecular weight excluding hydrogens is 320 g/mol. The van der Waals surface area contributed by atoms with Crippen LogP contribution in [0.3, 0.4) is 0 Å². The van der Waals surface area contributed by atoms with Crippen LogP contribution in [0.1, 0.15) is 11.1 Å². The number of benzene rings is 2. The lowest BCUT2D eigenvalue weighted by molar-refractivity contribution is -0.129. The fraction of sp³-hybridized carbons (Fsp3) is 0.158. The van der Waals surface area contributed by atoms with E-state index in [0.717, 1.165) is 11.3 Å². The van der Waals surface area contributed by atoms with Crippen LogP contribution in [0.4, 0.5) is 5.69 Å². The first-order valence-corrected chi connectivity index (χ1v) is 7.80. The predicted octanol–water partition coefficient (Wildman–Crippen LogP) is 2.83. The van der Waals surface area contributed by atoms with E-state index in [9.17, 15) is 4.79 Å². The molecule has 0 fully saturated rings. The number of rotatable bonds is 3. The molecule has 0 atom stereocenters. The summed E-state index contributed by atoms with van der Waals surface area (Å²) in [6.45, 7) is 0.194. The van der Waals surface area contributed by atoms with Gasteiger partial charge in [0.05, 0.1) is 0 Å². The number of hydrogen-bond donors (Lipinski definition) is 0. The fourth-order valence-electron chi connectivity index (χ4n) is 2.59. The van der Waals surface area contributed by atoms with Crippen molar-refractivity contribution >= 4 is 23.6 Å². The summed E-state index contributed by atoms with van der Waals surface area (Å²) in [5, 5.41) is 0. The van der Waals surface area contributed by atoms with E-state index >= 15 is 0 Å². The average molecular weight is 336 g/mol. The van der Waals surface area contributed by atoms with E-state index in [0.29, 0.717) is 17.1 Å². The van der Waals surface area contributed by atoms with Crippen molar-refractivity contribution in [2.45, 2.75) is 0 Å². The summed E-state index contributed by atoms with van der Waals surface area (Å²) in [6.07, 6.45) is 1.71. The van der Waals surface area contributed by atoms with Gasteiger partial charge in [0.15, 0.2) is 17.2 Å². The SMILES string of the molecule is CN(C)c1ccc(/C=C2\N=C(c3ccc4c(c3)OCO4)OC2=O)cc1. The second-order valence-electron chi connectivity index (χ2n) is 5.89. The van der Waals surface area contributed by atoms with Crippen LogP contribution in [0.5, 0.6) is 11.5 Å². The lowest BCUT2D eigenvalue weighted by Crippen LogP contribution is -2.08. The summed E-state index contributed by atoms with van der Waals surface area (Å²) in [6, 6.07) is 13.1. The zero-order valence-corrected chi connectivity index (χ0v) is 13.9. The van der Waals surface area contributed by atoms with Crippen LogP contribution < -0.4 is 14.4 Å². The molecule has 2 aliphatic rings. The highest BCUT2D eigenvalue weighted by atomic mass is 16.7. The number of carbonyl (C=O) groups is 1. The van der Waals surface area contributed by atoms with Crippen LogP contribution in [-0.2, 0) is 9.53 Å². The van der Waals surface area contributed by atoms with E-state index in [2.05, 4.69) is 4.99 Å². The molecular formula is C19H16N2O4. The van der Waals surface area contributed by atoms with Crippen molar-refractivity contribution in [2.24, 2.45) is 4.99 Å². The van der Waals surface area contributed by atoms with Gasteiger partial charge in [0, 0.05) is 25.3 Å². The van der Waals surface area contributed by atoms with Gasteiger partial charge < -0.3 is 19.1 Å². The van der Waals surface area contributed by atoms with Gasteiger partial charge in [-0.15, -0.1) is 0 Å². The topological polar surface area (TPSA) is 60.4 Å². The molecule has 2 heterocycles. The molecule has 0 saturated heterocycles. The van der Waals surface area contributed by atoms with E-state index in [1.807, 2.05) is 43.3 Å². The normalized spacial score (nSPS) is 16.8. The van der Waals surface area contributed by atoms with E-state index in [1.165, 1.54) is 0 Å². The third-order valence-electron chi connectivity index (χ3n) is 3.95. The number of anilines is 1. The van der Waals surface area contributed by atoms with E-state index in [4.69, 9.17) is 14.2 Å². The van der Waals surface area contributed by atoms with Gasteiger partial charge in [-0.2, -0.15) is 0 Å².